The monoisotopic (exact) mass is 477 g/mol. The van der Waals surface area contributed by atoms with E-state index in [4.69, 9.17) is 11.6 Å². The number of nitrogens with zero attached hydrogens (tertiary/aromatic N) is 3. The number of pyridine rings is 1. The number of alkyl halides is 3. The van der Waals surface area contributed by atoms with Crippen LogP contribution in [-0.2, 0) is 11.0 Å². The van der Waals surface area contributed by atoms with Crippen molar-refractivity contribution in [2.45, 2.75) is 26.1 Å². The Morgan fingerprint density at radius 1 is 1.26 bits per heavy atom. The van der Waals surface area contributed by atoms with Gasteiger partial charge in [-0.15, -0.1) is 11.3 Å². The lowest BCUT2D eigenvalue weighted by Gasteiger charge is -2.35. The maximum Gasteiger partial charge on any atom is 0.419 e. The predicted molar refractivity (Wildman–Crippen MR) is 115 cm³/mol. The molecule has 0 aromatic carbocycles. The topological polar surface area (TPSA) is 77.6 Å². The summed E-state index contributed by atoms with van der Waals surface area (Å²) in [5.41, 5.74) is -0.919. The van der Waals surface area contributed by atoms with Crippen LogP contribution in [0.2, 0.25) is 5.02 Å². The average molecular weight is 478 g/mol. The molecule has 170 valence electrons. The Kier molecular flexibility index (Phi) is 6.97. The van der Waals surface area contributed by atoms with E-state index in [0.29, 0.717) is 26.2 Å². The van der Waals surface area contributed by atoms with Gasteiger partial charge in [0.05, 0.1) is 32.9 Å². The first-order valence-electron chi connectivity index (χ1n) is 9.69. The van der Waals surface area contributed by atoms with Gasteiger partial charge in [-0.3, -0.25) is 14.5 Å². The molecule has 1 aliphatic rings. The first kappa shape index (κ1) is 23.6. The molecule has 31 heavy (non-hydrogen) atoms. The minimum absolute atomic E-state index is 0.00340. The number of anilines is 1. The van der Waals surface area contributed by atoms with Gasteiger partial charge in [-0.05, 0) is 13.8 Å². The van der Waals surface area contributed by atoms with Crippen molar-refractivity contribution in [2.75, 3.05) is 44.7 Å². The number of piperazine rings is 1. The van der Waals surface area contributed by atoms with Gasteiger partial charge in [0.15, 0.2) is 0 Å². The average Bonchev–Trinajstić information content (AvgIpc) is 3.09. The third-order valence-corrected chi connectivity index (χ3v) is 6.21. The van der Waals surface area contributed by atoms with Gasteiger partial charge in [0.2, 0.25) is 5.91 Å². The van der Waals surface area contributed by atoms with Crippen LogP contribution in [0.15, 0.2) is 5.38 Å². The number of carbonyl (C=O) groups is 2. The number of rotatable bonds is 5. The van der Waals surface area contributed by atoms with Crippen molar-refractivity contribution in [3.8, 4) is 0 Å². The van der Waals surface area contributed by atoms with E-state index in [1.165, 1.54) is 12.4 Å². The minimum atomic E-state index is -4.70. The van der Waals surface area contributed by atoms with Crippen LogP contribution in [-0.4, -0.2) is 67.5 Å². The molecule has 2 aromatic heterocycles. The van der Waals surface area contributed by atoms with Crippen molar-refractivity contribution in [2.24, 2.45) is 0 Å². The lowest BCUT2D eigenvalue weighted by molar-refractivity contribution is -0.136. The molecule has 1 fully saturated rings. The fourth-order valence-corrected chi connectivity index (χ4v) is 4.93. The Balaban J connectivity index is 1.91. The summed E-state index contributed by atoms with van der Waals surface area (Å²) < 4.78 is 41.4. The Morgan fingerprint density at radius 2 is 1.90 bits per heavy atom. The molecule has 12 heteroatoms. The number of amides is 2. The second-order valence-corrected chi connectivity index (χ2v) is 8.77. The van der Waals surface area contributed by atoms with Crippen molar-refractivity contribution in [3.05, 3.63) is 21.5 Å². The molecule has 2 amide bonds. The highest BCUT2D eigenvalue weighted by Crippen LogP contribution is 2.45. The molecular weight excluding hydrogens is 455 g/mol. The van der Waals surface area contributed by atoms with Crippen molar-refractivity contribution < 1.29 is 22.8 Å². The number of aromatic nitrogens is 1. The van der Waals surface area contributed by atoms with Gasteiger partial charge in [-0.1, -0.05) is 11.6 Å². The molecule has 7 nitrogen and oxygen atoms in total. The summed E-state index contributed by atoms with van der Waals surface area (Å²) >= 11 is 7.00. The van der Waals surface area contributed by atoms with Crippen molar-refractivity contribution in [3.63, 3.8) is 0 Å². The van der Waals surface area contributed by atoms with E-state index in [1.807, 2.05) is 18.7 Å². The van der Waals surface area contributed by atoms with E-state index >= 15 is 0 Å². The zero-order valence-electron chi connectivity index (χ0n) is 17.3. The molecule has 0 atom stereocenters. The SMILES string of the molecule is CNC(=O)c1csc2c(C(F)(F)F)c(Cl)c(N3CCN(CC(=O)NC(C)C)CC3)nc12. The van der Waals surface area contributed by atoms with Crippen LogP contribution in [0.5, 0.6) is 0 Å². The van der Waals surface area contributed by atoms with E-state index in [0.717, 1.165) is 11.3 Å². The molecular formula is C19H23ClF3N5O2S. The number of carbonyl (C=O) groups excluding carboxylic acids is 2. The van der Waals surface area contributed by atoms with Gasteiger partial charge in [0.1, 0.15) is 5.82 Å². The smallest absolute Gasteiger partial charge is 0.355 e. The fourth-order valence-electron chi connectivity index (χ4n) is 3.45. The molecule has 0 aliphatic carbocycles. The molecule has 1 aliphatic heterocycles. The summed E-state index contributed by atoms with van der Waals surface area (Å²) in [5.74, 6) is -0.619. The molecule has 0 unspecified atom stereocenters. The Hall–Kier alpha value is -2.11. The van der Waals surface area contributed by atoms with Gasteiger partial charge in [0.25, 0.3) is 5.91 Å². The molecule has 0 bridgehead atoms. The number of nitrogens with one attached hydrogen (secondary N) is 2. The highest BCUT2D eigenvalue weighted by molar-refractivity contribution is 7.17. The van der Waals surface area contributed by atoms with Gasteiger partial charge in [-0.2, -0.15) is 13.2 Å². The predicted octanol–water partition coefficient (Wildman–Crippen LogP) is 2.97. The van der Waals surface area contributed by atoms with E-state index < -0.39 is 22.7 Å². The third-order valence-electron chi connectivity index (χ3n) is 4.87. The molecule has 0 spiro atoms. The summed E-state index contributed by atoms with van der Waals surface area (Å²) in [7, 11) is 1.40. The van der Waals surface area contributed by atoms with Gasteiger partial charge in [-0.25, -0.2) is 4.98 Å². The first-order valence-corrected chi connectivity index (χ1v) is 10.9. The summed E-state index contributed by atoms with van der Waals surface area (Å²) in [4.78, 5) is 32.1. The molecule has 3 heterocycles. The first-order chi connectivity index (χ1) is 14.5. The normalized spacial score (nSPS) is 15.5. The van der Waals surface area contributed by atoms with Crippen LogP contribution >= 0.6 is 22.9 Å². The number of fused-ring (bicyclic) bond motifs is 1. The molecule has 2 N–H and O–H groups in total. The van der Waals surface area contributed by atoms with Crippen molar-refractivity contribution in [1.29, 1.82) is 0 Å². The zero-order chi connectivity index (χ0) is 22.9. The van der Waals surface area contributed by atoms with Gasteiger partial charge >= 0.3 is 6.18 Å². The lowest BCUT2D eigenvalue weighted by Crippen LogP contribution is -2.50. The van der Waals surface area contributed by atoms with E-state index in [1.54, 1.807) is 4.90 Å². The molecule has 0 radical (unpaired) electrons. The summed E-state index contributed by atoms with van der Waals surface area (Å²) in [6, 6.07) is 0.0319. The highest BCUT2D eigenvalue weighted by atomic mass is 35.5. The van der Waals surface area contributed by atoms with Gasteiger partial charge < -0.3 is 15.5 Å². The molecule has 0 saturated carbocycles. The van der Waals surface area contributed by atoms with Gasteiger partial charge in [0, 0.05) is 44.6 Å². The second kappa shape index (κ2) is 9.17. The van der Waals surface area contributed by atoms with Crippen molar-refractivity contribution in [1.82, 2.24) is 20.5 Å². The fraction of sp³-hybridized carbons (Fsp3) is 0.526. The van der Waals surface area contributed by atoms with E-state index in [2.05, 4.69) is 15.6 Å². The van der Waals surface area contributed by atoms with Crippen LogP contribution in [0, 0.1) is 0 Å². The number of thiophene rings is 1. The Morgan fingerprint density at radius 3 is 2.45 bits per heavy atom. The highest BCUT2D eigenvalue weighted by Gasteiger charge is 2.39. The standard InChI is InChI=1S/C19H23ClF3N5O2S/c1-10(2)25-12(29)8-27-4-6-28(7-5-27)17-14(20)13(19(21,22)23)16-15(26-17)11(9-31-16)18(30)24-3/h9-10H,4-8H2,1-3H3,(H,24,30)(H,25,29). The lowest BCUT2D eigenvalue weighted by atomic mass is 10.1. The van der Waals surface area contributed by atoms with Crippen LogP contribution in [0.1, 0.15) is 29.8 Å². The summed E-state index contributed by atoms with van der Waals surface area (Å²) in [6.07, 6.45) is -4.70. The van der Waals surface area contributed by atoms with Crippen LogP contribution in [0.3, 0.4) is 0 Å². The minimum Gasteiger partial charge on any atom is -0.355 e. The zero-order valence-corrected chi connectivity index (χ0v) is 18.8. The van der Waals surface area contributed by atoms with Crippen LogP contribution in [0.4, 0.5) is 19.0 Å². The Labute approximate surface area is 186 Å². The van der Waals surface area contributed by atoms with Crippen LogP contribution in [0.25, 0.3) is 10.2 Å². The third kappa shape index (κ3) is 5.04. The maximum atomic E-state index is 13.9. The summed E-state index contributed by atoms with van der Waals surface area (Å²) in [5, 5.41) is 6.12. The molecule has 2 aromatic rings. The van der Waals surface area contributed by atoms with E-state index in [-0.39, 0.29) is 40.1 Å². The Bertz CT molecular complexity index is 987. The number of halogens is 4. The van der Waals surface area contributed by atoms with Crippen molar-refractivity contribution >= 4 is 50.8 Å². The molecule has 1 saturated heterocycles. The second-order valence-electron chi connectivity index (χ2n) is 7.51. The number of hydrogen-bond donors (Lipinski definition) is 2. The summed E-state index contributed by atoms with van der Waals surface area (Å²) in [6.45, 7) is 5.59. The molecule has 3 rings (SSSR count). The van der Waals surface area contributed by atoms with E-state index in [9.17, 15) is 22.8 Å². The number of hydrogen-bond acceptors (Lipinski definition) is 6. The van der Waals surface area contributed by atoms with Crippen LogP contribution < -0.4 is 15.5 Å². The maximum absolute atomic E-state index is 13.9. The largest absolute Gasteiger partial charge is 0.419 e. The quantitative estimate of drug-likeness (QED) is 0.692.